The average Bonchev–Trinajstić information content (AvgIpc) is 2.93. The molecule has 0 amide bonds. The van der Waals surface area contributed by atoms with Crippen molar-refractivity contribution in [2.24, 2.45) is 0 Å². The number of aromatic nitrogens is 6. The molecule has 0 aliphatic rings. The van der Waals surface area contributed by atoms with Crippen LogP contribution in [0.25, 0.3) is 16.5 Å². The zero-order valence-corrected chi connectivity index (χ0v) is 10.0. The molecule has 0 radical (unpaired) electrons. The first-order valence-electron chi connectivity index (χ1n) is 5.30. The maximum atomic E-state index is 5.63. The second kappa shape index (κ2) is 3.81. The van der Waals surface area contributed by atoms with E-state index in [-0.39, 0.29) is 0 Å². The van der Waals surface area contributed by atoms with Gasteiger partial charge in [-0.25, -0.2) is 0 Å². The summed E-state index contributed by atoms with van der Waals surface area (Å²) in [5.74, 6) is 0.617. The molecule has 0 aliphatic heterocycles. The lowest BCUT2D eigenvalue weighted by Gasteiger charge is -1.88. The number of nitrogens with two attached hydrogens (primary N) is 1. The third kappa shape index (κ3) is 1.66. The predicted octanol–water partition coefficient (Wildman–Crippen LogP) is 1.11. The van der Waals surface area contributed by atoms with Gasteiger partial charge >= 0.3 is 0 Å². The number of nitrogens with zero attached hydrogens (tertiary/aromatic N) is 5. The summed E-state index contributed by atoms with van der Waals surface area (Å²) in [5.41, 5.74) is 7.45. The van der Waals surface area contributed by atoms with Crippen LogP contribution in [0.1, 0.15) is 19.0 Å². The third-order valence-corrected chi connectivity index (χ3v) is 3.11. The molecule has 0 aliphatic carbocycles. The first-order chi connectivity index (χ1) is 8.28. The van der Waals surface area contributed by atoms with Gasteiger partial charge in [0.05, 0.1) is 0 Å². The van der Waals surface area contributed by atoms with Crippen molar-refractivity contribution in [1.29, 1.82) is 0 Å². The normalized spacial score (nSPS) is 11.4. The third-order valence-electron chi connectivity index (χ3n) is 2.39. The molecule has 88 valence electrons. The van der Waals surface area contributed by atoms with Crippen LogP contribution in [0.3, 0.4) is 0 Å². The van der Waals surface area contributed by atoms with Gasteiger partial charge in [0.2, 0.25) is 15.9 Å². The van der Waals surface area contributed by atoms with Crippen LogP contribution >= 0.6 is 11.3 Å². The van der Waals surface area contributed by atoms with Gasteiger partial charge in [0, 0.05) is 5.69 Å². The minimum Gasteiger partial charge on any atom is -0.374 e. The fraction of sp³-hybridized carbons (Fsp3) is 0.333. The van der Waals surface area contributed by atoms with E-state index >= 15 is 0 Å². The molecule has 8 heteroatoms. The van der Waals surface area contributed by atoms with Gasteiger partial charge in [-0.1, -0.05) is 24.7 Å². The summed E-state index contributed by atoms with van der Waals surface area (Å²) in [7, 11) is 0. The van der Waals surface area contributed by atoms with E-state index in [1.54, 1.807) is 4.52 Å². The summed E-state index contributed by atoms with van der Waals surface area (Å²) in [5, 5.41) is 19.9. The summed E-state index contributed by atoms with van der Waals surface area (Å²) in [6, 6.07) is 1.97. The van der Waals surface area contributed by atoms with Crippen molar-refractivity contribution >= 4 is 21.4 Å². The molecule has 3 rings (SSSR count). The Kier molecular flexibility index (Phi) is 2.29. The lowest BCUT2D eigenvalue weighted by molar-refractivity contribution is 0.866. The van der Waals surface area contributed by atoms with Crippen molar-refractivity contribution in [2.45, 2.75) is 19.8 Å². The molecule has 0 fully saturated rings. The summed E-state index contributed by atoms with van der Waals surface area (Å²) in [6.07, 6.45) is 2.04. The molecule has 17 heavy (non-hydrogen) atoms. The molecular formula is C9H11N7S. The van der Waals surface area contributed by atoms with Gasteiger partial charge in [0.15, 0.2) is 0 Å². The molecule has 3 heterocycles. The number of hydrogen-bond acceptors (Lipinski definition) is 6. The highest BCUT2D eigenvalue weighted by Crippen LogP contribution is 2.21. The van der Waals surface area contributed by atoms with E-state index in [2.05, 4.69) is 32.4 Å². The predicted molar refractivity (Wildman–Crippen MR) is 64.6 cm³/mol. The zero-order valence-electron chi connectivity index (χ0n) is 9.21. The monoisotopic (exact) mass is 249 g/mol. The minimum absolute atomic E-state index is 0.473. The van der Waals surface area contributed by atoms with Crippen LogP contribution in [-0.4, -0.2) is 30.0 Å². The standard InChI is InChI=1S/C9H11N7S/c1-2-3-5-4-6(12-11-5)7-13-14-9-16(7)15-8(10)17-9/h4H,2-3H2,1H3,(H2,10,15)(H,11,12). The van der Waals surface area contributed by atoms with Crippen molar-refractivity contribution < 1.29 is 0 Å². The van der Waals surface area contributed by atoms with E-state index in [9.17, 15) is 0 Å². The molecule has 0 unspecified atom stereocenters. The first-order valence-corrected chi connectivity index (χ1v) is 6.12. The lowest BCUT2D eigenvalue weighted by Crippen LogP contribution is -1.92. The van der Waals surface area contributed by atoms with Crippen molar-refractivity contribution in [3.05, 3.63) is 11.8 Å². The van der Waals surface area contributed by atoms with Crippen LogP contribution in [0.2, 0.25) is 0 Å². The Bertz CT molecular complexity index is 649. The molecule has 3 N–H and O–H groups in total. The van der Waals surface area contributed by atoms with E-state index in [0.717, 1.165) is 24.2 Å². The van der Waals surface area contributed by atoms with Crippen LogP contribution in [0, 0.1) is 0 Å². The Morgan fingerprint density at radius 1 is 1.47 bits per heavy atom. The Hall–Kier alpha value is -1.96. The van der Waals surface area contributed by atoms with Crippen LogP contribution < -0.4 is 5.73 Å². The molecule has 7 nitrogen and oxygen atoms in total. The topological polar surface area (TPSA) is 97.8 Å². The Morgan fingerprint density at radius 2 is 2.35 bits per heavy atom. The largest absolute Gasteiger partial charge is 0.374 e. The number of fused-ring (bicyclic) bond motifs is 1. The quantitative estimate of drug-likeness (QED) is 0.724. The number of anilines is 1. The van der Waals surface area contributed by atoms with E-state index in [1.807, 2.05) is 6.07 Å². The van der Waals surface area contributed by atoms with E-state index in [1.165, 1.54) is 11.3 Å². The second-order valence-electron chi connectivity index (χ2n) is 3.69. The maximum absolute atomic E-state index is 5.63. The van der Waals surface area contributed by atoms with Crippen LogP contribution in [-0.2, 0) is 6.42 Å². The molecule has 0 saturated heterocycles. The first kappa shape index (κ1) is 10.2. The van der Waals surface area contributed by atoms with Crippen LogP contribution in [0.4, 0.5) is 5.13 Å². The second-order valence-corrected chi connectivity index (χ2v) is 4.67. The van der Waals surface area contributed by atoms with Crippen molar-refractivity contribution in [3.8, 4) is 11.5 Å². The number of nitrogens with one attached hydrogen (secondary N) is 1. The molecule has 3 aromatic heterocycles. The SMILES string of the molecule is CCCc1cc(-c2nnc3sc(N)nn23)n[nH]1. The smallest absolute Gasteiger partial charge is 0.236 e. The molecule has 3 aromatic rings. The maximum Gasteiger partial charge on any atom is 0.236 e. The van der Waals surface area contributed by atoms with Gasteiger partial charge in [0.1, 0.15) is 5.69 Å². The summed E-state index contributed by atoms with van der Waals surface area (Å²) in [6.45, 7) is 2.12. The Balaban J connectivity index is 2.06. The zero-order chi connectivity index (χ0) is 11.8. The van der Waals surface area contributed by atoms with Crippen molar-refractivity contribution in [3.63, 3.8) is 0 Å². The highest BCUT2D eigenvalue weighted by Gasteiger charge is 2.14. The van der Waals surface area contributed by atoms with Gasteiger partial charge in [-0.2, -0.15) is 9.61 Å². The summed E-state index contributed by atoms with van der Waals surface area (Å²) < 4.78 is 1.62. The number of rotatable bonds is 3. The van der Waals surface area contributed by atoms with Crippen molar-refractivity contribution in [1.82, 2.24) is 30.0 Å². The highest BCUT2D eigenvalue weighted by atomic mass is 32.1. The Morgan fingerprint density at radius 3 is 3.18 bits per heavy atom. The molecule has 0 atom stereocenters. The van der Waals surface area contributed by atoms with E-state index < -0.39 is 0 Å². The number of hydrogen-bond donors (Lipinski definition) is 2. The number of aromatic amines is 1. The van der Waals surface area contributed by atoms with Gasteiger partial charge in [-0.15, -0.1) is 15.3 Å². The van der Waals surface area contributed by atoms with Gasteiger partial charge in [-0.05, 0) is 12.5 Å². The molecule has 0 spiro atoms. The van der Waals surface area contributed by atoms with Crippen molar-refractivity contribution in [2.75, 3.05) is 5.73 Å². The number of aryl methyl sites for hydroxylation is 1. The fourth-order valence-electron chi connectivity index (χ4n) is 1.67. The number of nitrogen functional groups attached to an aromatic ring is 1. The van der Waals surface area contributed by atoms with E-state index in [4.69, 9.17) is 5.73 Å². The summed E-state index contributed by atoms with van der Waals surface area (Å²) in [4.78, 5) is 0.678. The lowest BCUT2D eigenvalue weighted by atomic mass is 10.2. The van der Waals surface area contributed by atoms with Gasteiger partial charge < -0.3 is 5.73 Å². The number of H-pyrrole nitrogens is 1. The molecule has 0 saturated carbocycles. The fourth-order valence-corrected chi connectivity index (χ4v) is 2.27. The van der Waals surface area contributed by atoms with Gasteiger partial charge in [-0.3, -0.25) is 5.10 Å². The van der Waals surface area contributed by atoms with E-state index in [0.29, 0.717) is 15.9 Å². The Labute approximate surface area is 101 Å². The average molecular weight is 249 g/mol. The molecule has 0 aromatic carbocycles. The molecule has 0 bridgehead atoms. The van der Waals surface area contributed by atoms with Crippen LogP contribution in [0.15, 0.2) is 6.07 Å². The summed E-state index contributed by atoms with van der Waals surface area (Å²) >= 11 is 1.30. The highest BCUT2D eigenvalue weighted by molar-refractivity contribution is 7.20. The molecular weight excluding hydrogens is 238 g/mol. The van der Waals surface area contributed by atoms with Gasteiger partial charge in [0.25, 0.3) is 0 Å². The minimum atomic E-state index is 0.473. The van der Waals surface area contributed by atoms with Crippen LogP contribution in [0.5, 0.6) is 0 Å².